The zero-order chi connectivity index (χ0) is 16.7. The first kappa shape index (κ1) is 15.0. The average molecular weight is 312 g/mol. The van der Waals surface area contributed by atoms with Gasteiger partial charge in [0.15, 0.2) is 0 Å². The number of benzene rings is 2. The van der Waals surface area contributed by atoms with E-state index in [2.05, 4.69) is 0 Å². The lowest BCUT2D eigenvalue weighted by Gasteiger charge is -2.10. The number of aromatic hydroxyl groups is 3. The van der Waals surface area contributed by atoms with Crippen molar-refractivity contribution in [2.24, 2.45) is 0 Å². The van der Waals surface area contributed by atoms with Crippen molar-refractivity contribution in [1.82, 2.24) is 0 Å². The minimum absolute atomic E-state index is 0.00848. The fraction of sp³-hybridized carbons (Fsp3) is 0.167. The van der Waals surface area contributed by atoms with Gasteiger partial charge in [-0.05, 0) is 32.4 Å². The summed E-state index contributed by atoms with van der Waals surface area (Å²) < 4.78 is 5.72. The zero-order valence-corrected chi connectivity index (χ0v) is 12.8. The van der Waals surface area contributed by atoms with E-state index < -0.39 is 5.43 Å². The maximum Gasteiger partial charge on any atom is 0.208 e. The fourth-order valence-electron chi connectivity index (χ4n) is 2.58. The number of hydrogen-bond acceptors (Lipinski definition) is 5. The second-order valence-corrected chi connectivity index (χ2v) is 5.66. The molecule has 23 heavy (non-hydrogen) atoms. The normalized spacial score (nSPS) is 11.0. The van der Waals surface area contributed by atoms with E-state index in [0.29, 0.717) is 12.0 Å². The third kappa shape index (κ3) is 2.40. The monoisotopic (exact) mass is 312 g/mol. The summed E-state index contributed by atoms with van der Waals surface area (Å²) in [5.41, 5.74) is 1.26. The van der Waals surface area contributed by atoms with Crippen molar-refractivity contribution < 1.29 is 19.7 Å². The Morgan fingerprint density at radius 2 is 1.83 bits per heavy atom. The molecule has 0 fully saturated rings. The van der Waals surface area contributed by atoms with E-state index in [-0.39, 0.29) is 39.2 Å². The SMILES string of the molecule is CC(C)=CCc1c(O)cc(O)c2c(=O)c3c(O)cccc3oc12. The van der Waals surface area contributed by atoms with Crippen LogP contribution in [-0.2, 0) is 6.42 Å². The Morgan fingerprint density at radius 1 is 1.09 bits per heavy atom. The summed E-state index contributed by atoms with van der Waals surface area (Å²) in [6, 6.07) is 5.62. The molecule has 0 radical (unpaired) electrons. The molecule has 1 aromatic heterocycles. The lowest BCUT2D eigenvalue weighted by Crippen LogP contribution is -2.04. The largest absolute Gasteiger partial charge is 0.507 e. The molecule has 3 aromatic rings. The van der Waals surface area contributed by atoms with E-state index in [4.69, 9.17) is 4.42 Å². The van der Waals surface area contributed by atoms with Gasteiger partial charge in [-0.15, -0.1) is 0 Å². The minimum atomic E-state index is -0.532. The van der Waals surface area contributed by atoms with Crippen molar-refractivity contribution in [3.8, 4) is 17.2 Å². The molecule has 0 bridgehead atoms. The van der Waals surface area contributed by atoms with Gasteiger partial charge in [-0.3, -0.25) is 4.79 Å². The van der Waals surface area contributed by atoms with Crippen LogP contribution in [0.25, 0.3) is 21.9 Å². The van der Waals surface area contributed by atoms with Gasteiger partial charge < -0.3 is 19.7 Å². The van der Waals surface area contributed by atoms with Gasteiger partial charge in [-0.2, -0.15) is 0 Å². The van der Waals surface area contributed by atoms with Crippen LogP contribution < -0.4 is 5.43 Å². The van der Waals surface area contributed by atoms with Crippen LogP contribution in [0.4, 0.5) is 0 Å². The Kier molecular flexibility index (Phi) is 3.48. The van der Waals surface area contributed by atoms with Crippen LogP contribution in [0.5, 0.6) is 17.2 Å². The van der Waals surface area contributed by atoms with Crippen LogP contribution in [0.15, 0.2) is 45.1 Å². The number of hydrogen-bond donors (Lipinski definition) is 3. The predicted molar refractivity (Wildman–Crippen MR) is 88.1 cm³/mol. The third-order valence-electron chi connectivity index (χ3n) is 3.72. The lowest BCUT2D eigenvalue weighted by atomic mass is 10.0. The highest BCUT2D eigenvalue weighted by Gasteiger charge is 2.19. The summed E-state index contributed by atoms with van der Waals surface area (Å²) in [6.07, 6.45) is 2.25. The van der Waals surface area contributed by atoms with Crippen LogP contribution in [0, 0.1) is 0 Å². The summed E-state index contributed by atoms with van der Waals surface area (Å²) in [5, 5.41) is 30.1. The van der Waals surface area contributed by atoms with E-state index in [1.54, 1.807) is 12.1 Å². The van der Waals surface area contributed by atoms with Crippen molar-refractivity contribution in [2.45, 2.75) is 20.3 Å². The minimum Gasteiger partial charge on any atom is -0.507 e. The topological polar surface area (TPSA) is 90.9 Å². The summed E-state index contributed by atoms with van der Waals surface area (Å²) in [4.78, 5) is 12.7. The molecule has 0 saturated heterocycles. The van der Waals surface area contributed by atoms with E-state index in [1.807, 2.05) is 19.9 Å². The first-order valence-electron chi connectivity index (χ1n) is 7.16. The molecule has 3 N–H and O–H groups in total. The van der Waals surface area contributed by atoms with E-state index in [9.17, 15) is 20.1 Å². The van der Waals surface area contributed by atoms with Crippen LogP contribution in [0.1, 0.15) is 19.4 Å². The molecule has 0 aliphatic rings. The molecule has 1 heterocycles. The van der Waals surface area contributed by atoms with E-state index >= 15 is 0 Å². The number of rotatable bonds is 2. The maximum absolute atomic E-state index is 12.7. The highest BCUT2D eigenvalue weighted by molar-refractivity contribution is 5.97. The molecule has 2 aromatic carbocycles. The maximum atomic E-state index is 12.7. The third-order valence-corrected chi connectivity index (χ3v) is 3.72. The van der Waals surface area contributed by atoms with Gasteiger partial charge in [0, 0.05) is 11.6 Å². The van der Waals surface area contributed by atoms with Gasteiger partial charge in [-0.25, -0.2) is 0 Å². The highest BCUT2D eigenvalue weighted by Crippen LogP contribution is 2.36. The molecule has 0 aliphatic carbocycles. The number of fused-ring (bicyclic) bond motifs is 2. The van der Waals surface area contributed by atoms with Crippen molar-refractivity contribution in [3.05, 3.63) is 51.7 Å². The Morgan fingerprint density at radius 3 is 2.52 bits per heavy atom. The second kappa shape index (κ2) is 5.35. The van der Waals surface area contributed by atoms with Crippen LogP contribution >= 0.6 is 0 Å². The summed E-state index contributed by atoms with van der Waals surface area (Å²) in [7, 11) is 0. The highest BCUT2D eigenvalue weighted by atomic mass is 16.3. The molecule has 3 rings (SSSR count). The Labute approximate surface area is 131 Å². The Bertz CT molecular complexity index is 1010. The van der Waals surface area contributed by atoms with Crippen molar-refractivity contribution in [1.29, 1.82) is 0 Å². The Hall–Kier alpha value is -2.95. The van der Waals surface area contributed by atoms with Gasteiger partial charge in [-0.1, -0.05) is 17.7 Å². The van der Waals surface area contributed by atoms with Crippen LogP contribution in [0.3, 0.4) is 0 Å². The van der Waals surface area contributed by atoms with Crippen molar-refractivity contribution in [3.63, 3.8) is 0 Å². The molecule has 0 amide bonds. The second-order valence-electron chi connectivity index (χ2n) is 5.66. The van der Waals surface area contributed by atoms with Gasteiger partial charge in [0.05, 0.1) is 0 Å². The molecule has 0 saturated carbocycles. The molecule has 118 valence electrons. The number of phenolic OH excluding ortho intramolecular Hbond substituents is 3. The first-order valence-corrected chi connectivity index (χ1v) is 7.16. The van der Waals surface area contributed by atoms with E-state index in [1.165, 1.54) is 6.07 Å². The molecular weight excluding hydrogens is 296 g/mol. The summed E-state index contributed by atoms with van der Waals surface area (Å²) in [5.74, 6) is -0.732. The lowest BCUT2D eigenvalue weighted by molar-refractivity contribution is 0.448. The van der Waals surface area contributed by atoms with Gasteiger partial charge in [0.25, 0.3) is 0 Å². The fourth-order valence-corrected chi connectivity index (χ4v) is 2.58. The van der Waals surface area contributed by atoms with Crippen molar-refractivity contribution in [2.75, 3.05) is 0 Å². The molecule has 0 aliphatic heterocycles. The van der Waals surface area contributed by atoms with Gasteiger partial charge in [0.1, 0.15) is 39.2 Å². The smallest absolute Gasteiger partial charge is 0.208 e. The Balaban J connectivity index is 2.49. The molecule has 5 nitrogen and oxygen atoms in total. The van der Waals surface area contributed by atoms with Crippen molar-refractivity contribution >= 4 is 21.9 Å². The number of allylic oxidation sites excluding steroid dienone is 2. The standard InChI is InChI=1S/C18H16O5/c1-9(2)6-7-10-12(20)8-13(21)16-17(22)15-11(19)4-3-5-14(15)23-18(10)16/h3-6,8,19-21H,7H2,1-2H3. The summed E-state index contributed by atoms with van der Waals surface area (Å²) >= 11 is 0. The zero-order valence-electron chi connectivity index (χ0n) is 12.8. The molecule has 0 spiro atoms. The molecule has 5 heteroatoms. The summed E-state index contributed by atoms with van der Waals surface area (Å²) in [6.45, 7) is 3.84. The van der Waals surface area contributed by atoms with Gasteiger partial charge >= 0.3 is 0 Å². The average Bonchev–Trinajstić information content (AvgIpc) is 2.46. The first-order chi connectivity index (χ1) is 10.9. The van der Waals surface area contributed by atoms with Crippen LogP contribution in [0.2, 0.25) is 0 Å². The van der Waals surface area contributed by atoms with Gasteiger partial charge in [0.2, 0.25) is 5.43 Å². The van der Waals surface area contributed by atoms with Crippen LogP contribution in [-0.4, -0.2) is 15.3 Å². The predicted octanol–water partition coefficient (Wildman–Crippen LogP) is 3.57. The number of phenols is 3. The molecule has 0 atom stereocenters. The molecule has 0 unspecified atom stereocenters. The quantitative estimate of drug-likeness (QED) is 0.497. The molecular formula is C18H16O5. The van der Waals surface area contributed by atoms with E-state index in [0.717, 1.165) is 11.6 Å².